The molecule has 0 amide bonds. The highest BCUT2D eigenvalue weighted by Gasteiger charge is 2.26. The molecule has 1 aromatic heterocycles. The fraction of sp³-hybridized carbons (Fsp3) is 0.550. The Bertz CT molecular complexity index is 564. The summed E-state index contributed by atoms with van der Waals surface area (Å²) in [5, 5.41) is 0. The van der Waals surface area contributed by atoms with Gasteiger partial charge in [-0.1, -0.05) is 22.0 Å². The normalized spacial score (nSPS) is 25.5. The van der Waals surface area contributed by atoms with Gasteiger partial charge in [0, 0.05) is 23.8 Å². The summed E-state index contributed by atoms with van der Waals surface area (Å²) in [6, 6.07) is 4.25. The highest BCUT2D eigenvalue weighted by atomic mass is 79.9. The largest absolute Gasteiger partial charge is 0.497 e. The van der Waals surface area contributed by atoms with E-state index in [4.69, 9.17) is 4.74 Å². The highest BCUT2D eigenvalue weighted by molar-refractivity contribution is 9.09. The molecule has 0 spiro atoms. The van der Waals surface area contributed by atoms with Gasteiger partial charge in [0.05, 0.1) is 7.11 Å². The minimum Gasteiger partial charge on any atom is -0.497 e. The van der Waals surface area contributed by atoms with Crippen LogP contribution in [0.15, 0.2) is 48.5 Å². The molecule has 1 saturated heterocycles. The second kappa shape index (κ2) is 8.82. The van der Waals surface area contributed by atoms with Crippen LogP contribution < -0.4 is 0 Å². The molecule has 3 rings (SSSR count). The molecular weight excluding hydrogens is 364 g/mol. The second-order valence-electron chi connectivity index (χ2n) is 6.87. The number of nitrogens with zero attached hydrogens (tertiary/aromatic N) is 2. The number of pyridine rings is 1. The van der Waals surface area contributed by atoms with Gasteiger partial charge in [0.2, 0.25) is 0 Å². The summed E-state index contributed by atoms with van der Waals surface area (Å²) < 4.78 is 5.39. The van der Waals surface area contributed by atoms with E-state index in [1.165, 1.54) is 37.9 Å². The number of methoxy groups -OCH3 is 1. The van der Waals surface area contributed by atoms with Crippen molar-refractivity contribution in [2.75, 3.05) is 26.7 Å². The first-order valence-electron chi connectivity index (χ1n) is 8.94. The number of halogens is 1. The van der Waals surface area contributed by atoms with Gasteiger partial charge < -0.3 is 9.64 Å². The van der Waals surface area contributed by atoms with Crippen molar-refractivity contribution >= 4 is 15.9 Å². The van der Waals surface area contributed by atoms with Crippen molar-refractivity contribution in [3.8, 4) is 0 Å². The number of likely N-dealkylation sites (tertiary alicyclic amines) is 1. The van der Waals surface area contributed by atoms with E-state index in [1.54, 1.807) is 7.11 Å². The summed E-state index contributed by atoms with van der Waals surface area (Å²) in [6.07, 6.45) is 15.4. The molecule has 1 fully saturated rings. The monoisotopic (exact) mass is 390 g/mol. The topological polar surface area (TPSA) is 25.4 Å². The molecular formula is C20H27BrN2O. The predicted molar refractivity (Wildman–Crippen MR) is 102 cm³/mol. The lowest BCUT2D eigenvalue weighted by molar-refractivity contribution is 0.173. The van der Waals surface area contributed by atoms with E-state index in [1.807, 2.05) is 12.4 Å². The van der Waals surface area contributed by atoms with Gasteiger partial charge in [-0.05, 0) is 80.5 Å². The molecule has 4 heteroatoms. The smallest absolute Gasteiger partial charge is 0.114 e. The minimum absolute atomic E-state index is 0.445. The third kappa shape index (κ3) is 4.93. The highest BCUT2D eigenvalue weighted by Crippen LogP contribution is 2.32. The van der Waals surface area contributed by atoms with E-state index in [0.29, 0.717) is 10.7 Å². The fourth-order valence-corrected chi connectivity index (χ4v) is 4.21. The average molecular weight is 391 g/mol. The van der Waals surface area contributed by atoms with Crippen molar-refractivity contribution in [2.45, 2.75) is 30.5 Å². The number of rotatable bonds is 6. The zero-order chi connectivity index (χ0) is 16.8. The van der Waals surface area contributed by atoms with Crippen molar-refractivity contribution in [3.63, 3.8) is 0 Å². The van der Waals surface area contributed by atoms with Crippen LogP contribution in [-0.2, 0) is 11.2 Å². The number of hydrogen-bond donors (Lipinski definition) is 0. The van der Waals surface area contributed by atoms with Gasteiger partial charge in [-0.2, -0.15) is 0 Å². The van der Waals surface area contributed by atoms with Crippen molar-refractivity contribution in [1.82, 2.24) is 9.88 Å². The van der Waals surface area contributed by atoms with E-state index in [9.17, 15) is 0 Å². The molecule has 1 aromatic rings. The van der Waals surface area contributed by atoms with Crippen LogP contribution >= 0.6 is 15.9 Å². The van der Waals surface area contributed by atoms with Crippen molar-refractivity contribution < 1.29 is 4.74 Å². The maximum atomic E-state index is 5.39. The molecule has 130 valence electrons. The van der Waals surface area contributed by atoms with Crippen LogP contribution in [0.2, 0.25) is 0 Å². The lowest BCUT2D eigenvalue weighted by atomic mass is 9.84. The van der Waals surface area contributed by atoms with Crippen molar-refractivity contribution in [3.05, 3.63) is 54.1 Å². The Morgan fingerprint density at radius 1 is 1.25 bits per heavy atom. The summed E-state index contributed by atoms with van der Waals surface area (Å²) in [5.41, 5.74) is 1.39. The van der Waals surface area contributed by atoms with Crippen LogP contribution in [-0.4, -0.2) is 41.5 Å². The van der Waals surface area contributed by atoms with E-state index >= 15 is 0 Å². The maximum Gasteiger partial charge on any atom is 0.114 e. The molecule has 0 radical (unpaired) electrons. The Morgan fingerprint density at radius 3 is 2.71 bits per heavy atom. The second-order valence-corrected chi connectivity index (χ2v) is 7.92. The Hall–Kier alpha value is -1.13. The van der Waals surface area contributed by atoms with Crippen LogP contribution in [0.1, 0.15) is 24.8 Å². The lowest BCUT2D eigenvalue weighted by Gasteiger charge is -2.34. The zero-order valence-electron chi connectivity index (χ0n) is 14.4. The van der Waals surface area contributed by atoms with Crippen molar-refractivity contribution in [1.29, 1.82) is 0 Å². The number of hydrogen-bond acceptors (Lipinski definition) is 3. The van der Waals surface area contributed by atoms with Crippen LogP contribution in [0.5, 0.6) is 0 Å². The standard InChI is InChI=1S/C20H27BrN2O/c1-24-19-2-3-20(21)18(15-19)14-17-7-12-23(13-8-17)11-6-16-4-9-22-10-5-16/h2-5,9-10,15,17-18,20H,6-8,11-14H2,1H3. The summed E-state index contributed by atoms with van der Waals surface area (Å²) in [4.78, 5) is 7.14. The first-order valence-corrected chi connectivity index (χ1v) is 9.85. The summed E-state index contributed by atoms with van der Waals surface area (Å²) in [5.74, 6) is 2.39. The Labute approximate surface area is 153 Å². The lowest BCUT2D eigenvalue weighted by Crippen LogP contribution is -2.36. The molecule has 2 unspecified atom stereocenters. The van der Waals surface area contributed by atoms with Crippen LogP contribution in [0, 0.1) is 11.8 Å². The van der Waals surface area contributed by atoms with Gasteiger partial charge >= 0.3 is 0 Å². The first-order chi connectivity index (χ1) is 11.7. The molecule has 0 saturated carbocycles. The van der Waals surface area contributed by atoms with Crippen LogP contribution in [0.25, 0.3) is 0 Å². The molecule has 3 nitrogen and oxygen atoms in total. The SMILES string of the molecule is COC1=CC(CC2CCN(CCc3ccncc3)CC2)C(Br)C=C1. The molecule has 1 aliphatic carbocycles. The molecule has 0 bridgehead atoms. The molecule has 0 aromatic carbocycles. The van der Waals surface area contributed by atoms with E-state index in [0.717, 1.165) is 24.6 Å². The molecule has 2 heterocycles. The third-order valence-electron chi connectivity index (χ3n) is 5.25. The quantitative estimate of drug-likeness (QED) is 0.680. The van der Waals surface area contributed by atoms with E-state index in [2.05, 4.69) is 56.2 Å². The Balaban J connectivity index is 1.42. The van der Waals surface area contributed by atoms with Gasteiger partial charge in [0.15, 0.2) is 0 Å². The summed E-state index contributed by atoms with van der Waals surface area (Å²) >= 11 is 3.80. The molecule has 2 aliphatic rings. The van der Waals surface area contributed by atoms with E-state index in [-0.39, 0.29) is 0 Å². The van der Waals surface area contributed by atoms with Gasteiger partial charge in [-0.3, -0.25) is 4.98 Å². The van der Waals surface area contributed by atoms with Gasteiger partial charge in [0.25, 0.3) is 0 Å². The van der Waals surface area contributed by atoms with Gasteiger partial charge in [-0.15, -0.1) is 0 Å². The number of allylic oxidation sites excluding steroid dienone is 3. The maximum absolute atomic E-state index is 5.39. The zero-order valence-corrected chi connectivity index (χ0v) is 16.0. The minimum atomic E-state index is 0.445. The summed E-state index contributed by atoms with van der Waals surface area (Å²) in [6.45, 7) is 3.62. The predicted octanol–water partition coefficient (Wildman–Crippen LogP) is 4.21. The number of piperidine rings is 1. The van der Waals surface area contributed by atoms with Crippen molar-refractivity contribution in [2.24, 2.45) is 11.8 Å². The molecule has 2 atom stereocenters. The Morgan fingerprint density at radius 2 is 2.00 bits per heavy atom. The van der Waals surface area contributed by atoms with E-state index < -0.39 is 0 Å². The van der Waals surface area contributed by atoms with Crippen LogP contribution in [0.4, 0.5) is 0 Å². The number of alkyl halides is 1. The van der Waals surface area contributed by atoms with Gasteiger partial charge in [0.1, 0.15) is 5.76 Å². The Kier molecular flexibility index (Phi) is 6.50. The third-order valence-corrected chi connectivity index (χ3v) is 6.23. The average Bonchev–Trinajstić information content (AvgIpc) is 2.64. The first kappa shape index (κ1) is 17.7. The molecule has 1 aliphatic heterocycles. The van der Waals surface area contributed by atoms with Crippen LogP contribution in [0.3, 0.4) is 0 Å². The fourth-order valence-electron chi connectivity index (χ4n) is 3.69. The molecule has 24 heavy (non-hydrogen) atoms. The number of ether oxygens (including phenoxy) is 1. The molecule has 0 N–H and O–H groups in total. The number of aromatic nitrogens is 1. The van der Waals surface area contributed by atoms with Gasteiger partial charge in [-0.25, -0.2) is 0 Å². The summed E-state index contributed by atoms with van der Waals surface area (Å²) in [7, 11) is 1.75.